The van der Waals surface area contributed by atoms with Gasteiger partial charge in [0.25, 0.3) is 0 Å². The van der Waals surface area contributed by atoms with Gasteiger partial charge in [-0.3, -0.25) is 9.69 Å². The topological polar surface area (TPSA) is 124 Å². The molecule has 0 aromatic heterocycles. The molecule has 1 aromatic carbocycles. The minimum atomic E-state index is -4.19. The maximum absolute atomic E-state index is 11.3. The molecule has 0 saturated carbocycles. The van der Waals surface area contributed by atoms with Gasteiger partial charge in [0, 0.05) is 18.5 Å². The molecule has 7 nitrogen and oxygen atoms in total. The van der Waals surface area contributed by atoms with Gasteiger partial charge in [-0.25, -0.2) is 0 Å². The van der Waals surface area contributed by atoms with E-state index in [1.807, 2.05) is 37.4 Å². The summed E-state index contributed by atoms with van der Waals surface area (Å²) < 4.78 is 30.2. The van der Waals surface area contributed by atoms with Gasteiger partial charge in [0.2, 0.25) is 0 Å². The zero-order valence-corrected chi connectivity index (χ0v) is 15.1. The SMILES string of the molecule is CC(=O)CC1C=CCC(CC(O)c2ccccc2)N1C.[O-][Cl+](O)(O)O. The summed E-state index contributed by atoms with van der Waals surface area (Å²) in [5.74, 6) is 0.204. The van der Waals surface area contributed by atoms with E-state index in [0.717, 1.165) is 12.0 Å². The number of halogens is 1. The fraction of sp³-hybridized carbons (Fsp3) is 0.471. The zero-order chi connectivity index (χ0) is 19.0. The summed E-state index contributed by atoms with van der Waals surface area (Å²) in [6.45, 7) is 1.63. The van der Waals surface area contributed by atoms with Gasteiger partial charge in [0.15, 0.2) is 0 Å². The number of carbonyl (C=O) groups is 1. The van der Waals surface area contributed by atoms with Gasteiger partial charge in [-0.2, -0.15) is 0 Å². The molecule has 8 heteroatoms. The number of aliphatic hydroxyl groups is 1. The Bertz CT molecular complexity index is 554. The molecule has 1 aromatic rings. The van der Waals surface area contributed by atoms with Gasteiger partial charge >= 0.3 is 28.9 Å². The third-order valence-electron chi connectivity index (χ3n) is 4.04. The predicted molar refractivity (Wildman–Crippen MR) is 87.1 cm³/mol. The van der Waals surface area contributed by atoms with Crippen LogP contribution in [-0.4, -0.2) is 48.9 Å². The van der Waals surface area contributed by atoms with E-state index >= 15 is 0 Å². The van der Waals surface area contributed by atoms with E-state index in [9.17, 15) is 9.90 Å². The van der Waals surface area contributed by atoms with Crippen LogP contribution in [0.15, 0.2) is 42.5 Å². The Kier molecular flexibility index (Phi) is 8.67. The average molecular weight is 376 g/mol. The Morgan fingerprint density at radius 2 is 1.88 bits per heavy atom. The van der Waals surface area contributed by atoms with Crippen LogP contribution in [-0.2, 0) is 4.79 Å². The Morgan fingerprint density at radius 3 is 2.40 bits per heavy atom. The normalized spacial score (nSPS) is 22.7. The Morgan fingerprint density at radius 1 is 1.32 bits per heavy atom. The van der Waals surface area contributed by atoms with Crippen molar-refractivity contribution >= 4 is 5.78 Å². The van der Waals surface area contributed by atoms with Crippen LogP contribution in [0.3, 0.4) is 0 Å². The molecular weight excluding hydrogens is 350 g/mol. The van der Waals surface area contributed by atoms with E-state index in [2.05, 4.69) is 17.1 Å². The number of benzene rings is 1. The van der Waals surface area contributed by atoms with Gasteiger partial charge in [0.1, 0.15) is 5.78 Å². The number of Topliss-reactive ketones (excluding diaryl/α,β-unsaturated/α-hetero) is 1. The van der Waals surface area contributed by atoms with Gasteiger partial charge in [-0.05, 0) is 32.4 Å². The molecule has 0 aliphatic carbocycles. The second kappa shape index (κ2) is 9.98. The molecule has 142 valence electrons. The molecule has 3 unspecified atom stereocenters. The number of likely N-dealkylation sites (N-methyl/N-ethyl adjacent to an activating group) is 1. The maximum atomic E-state index is 11.3. The summed E-state index contributed by atoms with van der Waals surface area (Å²) in [5, 5.41) is 10.3. The van der Waals surface area contributed by atoms with E-state index in [1.54, 1.807) is 6.92 Å². The van der Waals surface area contributed by atoms with Crippen molar-refractivity contribution in [1.29, 1.82) is 0 Å². The molecular formula is C17H26ClNO6. The van der Waals surface area contributed by atoms with E-state index < -0.39 is 16.3 Å². The van der Waals surface area contributed by atoms with Crippen molar-refractivity contribution in [2.75, 3.05) is 7.05 Å². The van der Waals surface area contributed by atoms with Crippen LogP contribution in [0.1, 0.15) is 37.9 Å². The fourth-order valence-electron chi connectivity index (χ4n) is 2.80. The fourth-order valence-corrected chi connectivity index (χ4v) is 2.80. The number of carbonyl (C=O) groups excluding carboxylic acids is 1. The molecule has 0 amide bonds. The van der Waals surface area contributed by atoms with Crippen molar-refractivity contribution in [1.82, 2.24) is 4.90 Å². The van der Waals surface area contributed by atoms with Crippen LogP contribution >= 0.6 is 0 Å². The minimum absolute atomic E-state index is 0.161. The molecule has 0 fully saturated rings. The molecule has 0 bridgehead atoms. The van der Waals surface area contributed by atoms with Gasteiger partial charge in [-0.1, -0.05) is 42.5 Å². The van der Waals surface area contributed by atoms with Crippen LogP contribution in [0, 0.1) is 10.2 Å². The average Bonchev–Trinajstić information content (AvgIpc) is 2.50. The Hall–Kier alpha value is -1.32. The molecule has 1 aliphatic heterocycles. The van der Waals surface area contributed by atoms with Crippen molar-refractivity contribution in [2.45, 2.75) is 44.4 Å². The van der Waals surface area contributed by atoms with Crippen LogP contribution in [0.25, 0.3) is 0 Å². The monoisotopic (exact) mass is 375 g/mol. The first-order chi connectivity index (χ1) is 11.6. The van der Waals surface area contributed by atoms with Crippen molar-refractivity contribution in [2.24, 2.45) is 0 Å². The first-order valence-corrected chi connectivity index (χ1v) is 9.17. The van der Waals surface area contributed by atoms with Crippen LogP contribution in [0.2, 0.25) is 0 Å². The van der Waals surface area contributed by atoms with Crippen molar-refractivity contribution < 1.29 is 38.8 Å². The number of aliphatic hydroxyl groups excluding tert-OH is 1. The summed E-state index contributed by atoms with van der Waals surface area (Å²) in [5.41, 5.74) is 0.957. The molecule has 1 aliphatic rings. The first-order valence-electron chi connectivity index (χ1n) is 7.85. The van der Waals surface area contributed by atoms with Gasteiger partial charge < -0.3 is 5.11 Å². The number of hydrogen-bond donors (Lipinski definition) is 4. The van der Waals surface area contributed by atoms with Gasteiger partial charge in [-0.15, -0.1) is 0 Å². The molecule has 3 atom stereocenters. The second-order valence-electron chi connectivity index (χ2n) is 6.05. The first kappa shape index (κ1) is 21.7. The van der Waals surface area contributed by atoms with E-state index in [-0.39, 0.29) is 17.9 Å². The van der Waals surface area contributed by atoms with Crippen LogP contribution < -0.4 is 4.66 Å². The number of rotatable bonds is 5. The molecule has 0 radical (unpaired) electrons. The number of hydrogen-bond acceptors (Lipinski definition) is 7. The van der Waals surface area contributed by atoms with Gasteiger partial charge in [0.05, 0.1) is 6.10 Å². The summed E-state index contributed by atoms with van der Waals surface area (Å²) in [4.78, 5) is 13.5. The van der Waals surface area contributed by atoms with Crippen LogP contribution in [0.5, 0.6) is 0 Å². The Labute approximate surface area is 149 Å². The van der Waals surface area contributed by atoms with Crippen molar-refractivity contribution in [3.8, 4) is 0 Å². The standard InChI is InChI=1S/C17H23NO2.ClH3O4/c1-13(19)11-15-9-6-10-16(18(15)2)12-17(20)14-7-4-3-5-8-14;2-1(3,4)5/h3-9,15-17,20H,10-12H2,1-2H3;2-4H. The summed E-state index contributed by atoms with van der Waals surface area (Å²) in [7, 11) is -2.15. The summed E-state index contributed by atoms with van der Waals surface area (Å²) >= 11 is 0. The molecule has 2 rings (SSSR count). The van der Waals surface area contributed by atoms with Crippen molar-refractivity contribution in [3.63, 3.8) is 0 Å². The second-order valence-corrected chi connectivity index (χ2v) is 6.92. The Balaban J connectivity index is 0.000000550. The predicted octanol–water partition coefficient (Wildman–Crippen LogP) is -0.142. The molecule has 25 heavy (non-hydrogen) atoms. The zero-order valence-electron chi connectivity index (χ0n) is 14.3. The molecule has 1 heterocycles. The molecule has 4 N–H and O–H groups in total. The quantitative estimate of drug-likeness (QED) is 0.528. The van der Waals surface area contributed by atoms with Crippen LogP contribution in [0.4, 0.5) is 0 Å². The third-order valence-corrected chi connectivity index (χ3v) is 4.04. The van der Waals surface area contributed by atoms with Crippen molar-refractivity contribution in [3.05, 3.63) is 48.0 Å². The third kappa shape index (κ3) is 9.08. The van der Waals surface area contributed by atoms with E-state index in [0.29, 0.717) is 12.8 Å². The number of nitrogens with zero attached hydrogens (tertiary/aromatic N) is 1. The summed E-state index contributed by atoms with van der Waals surface area (Å²) in [6, 6.07) is 10.2. The van der Waals surface area contributed by atoms with E-state index in [4.69, 9.17) is 18.6 Å². The molecule has 0 spiro atoms. The van der Waals surface area contributed by atoms with E-state index in [1.165, 1.54) is 0 Å². The number of ketones is 1. The molecule has 0 saturated heterocycles. The summed E-state index contributed by atoms with van der Waals surface area (Å²) in [6.07, 6.45) is 5.95.